The van der Waals surface area contributed by atoms with Gasteiger partial charge in [0.2, 0.25) is 5.75 Å². The van der Waals surface area contributed by atoms with Gasteiger partial charge in [0, 0.05) is 12.2 Å². The molecule has 20 heavy (non-hydrogen) atoms. The average Bonchev–Trinajstić information content (AvgIpc) is 2.47. The number of phenols is 1. The Morgan fingerprint density at radius 3 is 2.20 bits per heavy atom. The number of nitrogens with one attached hydrogen (secondary N) is 1. The maximum atomic E-state index is 9.87. The lowest BCUT2D eigenvalue weighted by Crippen LogP contribution is -2.02. The molecule has 4 heteroatoms. The number of hydrogen-bond donors (Lipinski definition) is 2. The van der Waals surface area contributed by atoms with E-state index in [0.717, 1.165) is 11.3 Å². The van der Waals surface area contributed by atoms with Crippen LogP contribution >= 0.6 is 0 Å². The molecule has 0 aromatic heterocycles. The number of para-hydroxylation sites is 1. The molecule has 0 saturated heterocycles. The largest absolute Gasteiger partial charge is 0.502 e. The molecule has 0 fully saturated rings. The van der Waals surface area contributed by atoms with E-state index in [0.29, 0.717) is 18.0 Å². The first-order valence-electron chi connectivity index (χ1n) is 6.39. The first-order valence-corrected chi connectivity index (χ1v) is 6.39. The summed E-state index contributed by atoms with van der Waals surface area (Å²) in [5.41, 5.74) is 3.24. The first kappa shape index (κ1) is 14.1. The number of phenolic OH excluding ortho intramolecular Hbond substituents is 1. The summed E-state index contributed by atoms with van der Waals surface area (Å²) in [7, 11) is 3.04. The van der Waals surface area contributed by atoms with Crippen LogP contribution in [0.5, 0.6) is 17.2 Å². The first-order chi connectivity index (χ1) is 9.65. The number of anilines is 1. The van der Waals surface area contributed by atoms with Gasteiger partial charge in [-0.05, 0) is 36.2 Å². The lowest BCUT2D eigenvalue weighted by atomic mass is 10.1. The van der Waals surface area contributed by atoms with E-state index in [-0.39, 0.29) is 5.75 Å². The monoisotopic (exact) mass is 273 g/mol. The predicted octanol–water partition coefficient (Wildman–Crippen LogP) is 3.33. The van der Waals surface area contributed by atoms with Gasteiger partial charge in [0.05, 0.1) is 14.2 Å². The molecule has 0 aliphatic carbocycles. The second-order valence-electron chi connectivity index (χ2n) is 4.52. The SMILES string of the molecule is COc1cc(CNc2ccccc2C)cc(OC)c1O. The molecule has 0 spiro atoms. The molecule has 4 nitrogen and oxygen atoms in total. The molecule has 0 atom stereocenters. The van der Waals surface area contributed by atoms with Gasteiger partial charge in [-0.3, -0.25) is 0 Å². The van der Waals surface area contributed by atoms with Gasteiger partial charge < -0.3 is 19.9 Å². The maximum Gasteiger partial charge on any atom is 0.200 e. The fourth-order valence-corrected chi connectivity index (χ4v) is 2.02. The number of ether oxygens (including phenoxy) is 2. The van der Waals surface area contributed by atoms with Crippen LogP contribution in [0.1, 0.15) is 11.1 Å². The Bertz CT molecular complexity index is 571. The zero-order valence-corrected chi connectivity index (χ0v) is 11.9. The Labute approximate surface area is 119 Å². The van der Waals surface area contributed by atoms with Crippen molar-refractivity contribution >= 4 is 5.69 Å². The topological polar surface area (TPSA) is 50.7 Å². The second-order valence-corrected chi connectivity index (χ2v) is 4.52. The third-order valence-corrected chi connectivity index (χ3v) is 3.17. The van der Waals surface area contributed by atoms with Crippen LogP contribution in [0.4, 0.5) is 5.69 Å². The van der Waals surface area contributed by atoms with Crippen molar-refractivity contribution in [3.05, 3.63) is 47.5 Å². The fourth-order valence-electron chi connectivity index (χ4n) is 2.02. The van der Waals surface area contributed by atoms with E-state index in [1.165, 1.54) is 19.8 Å². The number of benzene rings is 2. The van der Waals surface area contributed by atoms with Crippen molar-refractivity contribution in [1.82, 2.24) is 0 Å². The smallest absolute Gasteiger partial charge is 0.200 e. The second kappa shape index (κ2) is 6.19. The van der Waals surface area contributed by atoms with E-state index >= 15 is 0 Å². The molecule has 2 rings (SSSR count). The lowest BCUT2D eigenvalue weighted by Gasteiger charge is -2.13. The summed E-state index contributed by atoms with van der Waals surface area (Å²) in [4.78, 5) is 0. The summed E-state index contributed by atoms with van der Waals surface area (Å²) < 4.78 is 10.3. The molecule has 106 valence electrons. The normalized spacial score (nSPS) is 10.2. The van der Waals surface area contributed by atoms with Crippen LogP contribution in [0.3, 0.4) is 0 Å². The van der Waals surface area contributed by atoms with Gasteiger partial charge in [-0.25, -0.2) is 0 Å². The molecule has 0 unspecified atom stereocenters. The van der Waals surface area contributed by atoms with Crippen LogP contribution in [0.15, 0.2) is 36.4 Å². The minimum Gasteiger partial charge on any atom is -0.502 e. The molecule has 2 N–H and O–H groups in total. The molecular formula is C16H19NO3. The highest BCUT2D eigenvalue weighted by Gasteiger charge is 2.11. The van der Waals surface area contributed by atoms with Crippen LogP contribution in [0.25, 0.3) is 0 Å². The molecule has 0 amide bonds. The van der Waals surface area contributed by atoms with E-state index in [4.69, 9.17) is 9.47 Å². The summed E-state index contributed by atoms with van der Waals surface area (Å²) in [6.07, 6.45) is 0. The highest BCUT2D eigenvalue weighted by molar-refractivity contribution is 5.55. The number of rotatable bonds is 5. The Hall–Kier alpha value is -2.36. The van der Waals surface area contributed by atoms with Crippen LogP contribution in [-0.4, -0.2) is 19.3 Å². The van der Waals surface area contributed by atoms with E-state index in [1.807, 2.05) is 18.2 Å². The summed E-state index contributed by atoms with van der Waals surface area (Å²) in [6, 6.07) is 11.7. The Kier molecular flexibility index (Phi) is 4.35. The number of aromatic hydroxyl groups is 1. The van der Waals surface area contributed by atoms with E-state index in [1.54, 1.807) is 12.1 Å². The van der Waals surface area contributed by atoms with Crippen molar-refractivity contribution in [3.63, 3.8) is 0 Å². The van der Waals surface area contributed by atoms with Gasteiger partial charge in [0.25, 0.3) is 0 Å². The Balaban J connectivity index is 2.19. The highest BCUT2D eigenvalue weighted by atomic mass is 16.5. The quantitative estimate of drug-likeness (QED) is 0.877. The average molecular weight is 273 g/mol. The van der Waals surface area contributed by atoms with Crippen molar-refractivity contribution < 1.29 is 14.6 Å². The van der Waals surface area contributed by atoms with Crippen molar-refractivity contribution in [2.45, 2.75) is 13.5 Å². The van der Waals surface area contributed by atoms with Gasteiger partial charge in [-0.1, -0.05) is 18.2 Å². The Morgan fingerprint density at radius 2 is 1.65 bits per heavy atom. The molecule has 0 aliphatic rings. The summed E-state index contributed by atoms with van der Waals surface area (Å²) >= 11 is 0. The summed E-state index contributed by atoms with van der Waals surface area (Å²) in [6.45, 7) is 2.68. The van der Waals surface area contributed by atoms with Crippen molar-refractivity contribution in [2.75, 3.05) is 19.5 Å². The number of methoxy groups -OCH3 is 2. The van der Waals surface area contributed by atoms with Crippen LogP contribution in [-0.2, 0) is 6.54 Å². The molecule has 0 bridgehead atoms. The summed E-state index contributed by atoms with van der Waals surface area (Å²) in [5, 5.41) is 13.2. The van der Waals surface area contributed by atoms with Crippen molar-refractivity contribution in [2.24, 2.45) is 0 Å². The minimum atomic E-state index is 0.0228. The third-order valence-electron chi connectivity index (χ3n) is 3.17. The fraction of sp³-hybridized carbons (Fsp3) is 0.250. The summed E-state index contributed by atoms with van der Waals surface area (Å²) in [5.74, 6) is 0.839. The van der Waals surface area contributed by atoms with Gasteiger partial charge in [0.15, 0.2) is 11.5 Å². The van der Waals surface area contributed by atoms with E-state index in [9.17, 15) is 5.11 Å². The van der Waals surface area contributed by atoms with Gasteiger partial charge in [-0.15, -0.1) is 0 Å². The zero-order valence-electron chi connectivity index (χ0n) is 11.9. The molecular weight excluding hydrogens is 254 g/mol. The van der Waals surface area contributed by atoms with Crippen LogP contribution in [0, 0.1) is 6.92 Å². The molecule has 2 aromatic carbocycles. The van der Waals surface area contributed by atoms with Crippen molar-refractivity contribution in [3.8, 4) is 17.2 Å². The van der Waals surface area contributed by atoms with Gasteiger partial charge >= 0.3 is 0 Å². The molecule has 0 radical (unpaired) electrons. The zero-order chi connectivity index (χ0) is 14.5. The van der Waals surface area contributed by atoms with E-state index in [2.05, 4.69) is 18.3 Å². The molecule has 0 aliphatic heterocycles. The van der Waals surface area contributed by atoms with Crippen LogP contribution in [0.2, 0.25) is 0 Å². The third kappa shape index (κ3) is 2.96. The minimum absolute atomic E-state index is 0.0228. The van der Waals surface area contributed by atoms with Crippen molar-refractivity contribution in [1.29, 1.82) is 0 Å². The van der Waals surface area contributed by atoms with Gasteiger partial charge in [-0.2, -0.15) is 0 Å². The maximum absolute atomic E-state index is 9.87. The number of aryl methyl sites for hydroxylation is 1. The Morgan fingerprint density at radius 1 is 1.05 bits per heavy atom. The predicted molar refractivity (Wildman–Crippen MR) is 79.7 cm³/mol. The van der Waals surface area contributed by atoms with Crippen LogP contribution < -0.4 is 14.8 Å². The van der Waals surface area contributed by atoms with Gasteiger partial charge in [0.1, 0.15) is 0 Å². The van der Waals surface area contributed by atoms with E-state index < -0.39 is 0 Å². The highest BCUT2D eigenvalue weighted by Crippen LogP contribution is 2.37. The molecule has 0 heterocycles. The number of hydrogen-bond acceptors (Lipinski definition) is 4. The standard InChI is InChI=1S/C16H19NO3/c1-11-6-4-5-7-13(11)17-10-12-8-14(19-2)16(18)15(9-12)20-3/h4-9,17-18H,10H2,1-3H3. The molecule has 2 aromatic rings. The lowest BCUT2D eigenvalue weighted by molar-refractivity contribution is 0.339. The molecule has 0 saturated carbocycles.